The molecule has 8 heteroatoms. The molecule has 0 bridgehead atoms. The fourth-order valence-corrected chi connectivity index (χ4v) is 2.66. The van der Waals surface area contributed by atoms with Gasteiger partial charge in [-0.05, 0) is 24.3 Å². The zero-order chi connectivity index (χ0) is 15.5. The van der Waals surface area contributed by atoms with E-state index in [4.69, 9.17) is 0 Å². The second-order valence-electron chi connectivity index (χ2n) is 4.22. The van der Waals surface area contributed by atoms with E-state index in [0.717, 1.165) is 0 Å². The van der Waals surface area contributed by atoms with E-state index in [2.05, 4.69) is 19.4 Å². The molecule has 0 fully saturated rings. The fourth-order valence-electron chi connectivity index (χ4n) is 1.66. The number of carbonyl (C=O) groups is 1. The highest BCUT2D eigenvalue weighted by molar-refractivity contribution is 7.92. The number of carbonyl (C=O) groups excluding carboxylic acids is 1. The molecule has 0 atom stereocenters. The molecule has 0 aliphatic rings. The Balaban J connectivity index is 2.18. The fraction of sp³-hybridized carbons (Fsp3) is 0.231. The van der Waals surface area contributed by atoms with Crippen LogP contribution >= 0.6 is 0 Å². The normalized spacial score (nSPS) is 11.1. The first kappa shape index (κ1) is 15.0. The third kappa shape index (κ3) is 3.40. The van der Waals surface area contributed by atoms with Crippen molar-refractivity contribution >= 4 is 21.7 Å². The van der Waals surface area contributed by atoms with E-state index < -0.39 is 16.0 Å². The number of aryl methyl sites for hydroxylation is 1. The number of hydrogen-bond acceptors (Lipinski definition) is 5. The van der Waals surface area contributed by atoms with E-state index in [1.54, 1.807) is 0 Å². The molecule has 0 aliphatic heterocycles. The van der Waals surface area contributed by atoms with E-state index in [9.17, 15) is 13.2 Å². The monoisotopic (exact) mass is 309 g/mol. The first-order valence-corrected chi connectivity index (χ1v) is 7.69. The number of H-pyrrole nitrogens is 1. The maximum atomic E-state index is 12.1. The number of esters is 1. The van der Waals surface area contributed by atoms with Crippen molar-refractivity contribution in [3.8, 4) is 0 Å². The number of methoxy groups -OCH3 is 1. The summed E-state index contributed by atoms with van der Waals surface area (Å²) in [5, 5.41) is -0.00334. The first-order chi connectivity index (χ1) is 9.96. The number of imidazole rings is 1. The summed E-state index contributed by atoms with van der Waals surface area (Å²) in [6, 6.07) is 5.93. The molecule has 0 aliphatic carbocycles. The molecule has 2 aromatic rings. The van der Waals surface area contributed by atoms with Crippen LogP contribution in [0.5, 0.6) is 0 Å². The van der Waals surface area contributed by atoms with E-state index in [1.165, 1.54) is 37.6 Å². The van der Waals surface area contributed by atoms with Crippen LogP contribution in [-0.4, -0.2) is 31.5 Å². The molecule has 0 saturated heterocycles. The highest BCUT2D eigenvalue weighted by Gasteiger charge is 2.17. The van der Waals surface area contributed by atoms with Gasteiger partial charge in [0.25, 0.3) is 10.0 Å². The zero-order valence-electron chi connectivity index (χ0n) is 11.6. The summed E-state index contributed by atoms with van der Waals surface area (Å²) in [6.45, 7) is 1.87. The molecule has 0 radical (unpaired) electrons. The Morgan fingerprint density at radius 3 is 2.52 bits per heavy atom. The molecule has 0 amide bonds. The average Bonchev–Trinajstić information content (AvgIpc) is 2.96. The summed E-state index contributed by atoms with van der Waals surface area (Å²) in [5.74, 6) is 0.113. The Morgan fingerprint density at radius 1 is 1.33 bits per heavy atom. The summed E-state index contributed by atoms with van der Waals surface area (Å²) in [5.41, 5.74) is 0.686. The van der Waals surface area contributed by atoms with Crippen LogP contribution in [0.15, 0.2) is 35.5 Å². The number of hydrogen-bond donors (Lipinski definition) is 2. The van der Waals surface area contributed by atoms with Gasteiger partial charge in [-0.3, -0.25) is 4.72 Å². The Bertz CT molecular complexity index is 735. The van der Waals surface area contributed by atoms with Gasteiger partial charge in [0.15, 0.2) is 5.03 Å². The van der Waals surface area contributed by atoms with Gasteiger partial charge in [-0.15, -0.1) is 0 Å². The van der Waals surface area contributed by atoms with Gasteiger partial charge in [0.2, 0.25) is 0 Å². The molecule has 0 saturated carbocycles. The summed E-state index contributed by atoms with van der Waals surface area (Å²) < 4.78 is 31.2. The van der Waals surface area contributed by atoms with Gasteiger partial charge in [-0.1, -0.05) is 6.92 Å². The minimum Gasteiger partial charge on any atom is -0.465 e. The van der Waals surface area contributed by atoms with Crippen LogP contribution in [0.1, 0.15) is 23.1 Å². The topological polar surface area (TPSA) is 101 Å². The third-order valence-electron chi connectivity index (χ3n) is 2.79. The Morgan fingerprint density at radius 2 is 2.00 bits per heavy atom. The largest absolute Gasteiger partial charge is 0.465 e. The number of benzene rings is 1. The van der Waals surface area contributed by atoms with E-state index in [1.807, 2.05) is 6.92 Å². The van der Waals surface area contributed by atoms with Crippen molar-refractivity contribution in [3.63, 3.8) is 0 Å². The minimum absolute atomic E-state index is 0.00334. The van der Waals surface area contributed by atoms with Gasteiger partial charge >= 0.3 is 5.97 Å². The summed E-state index contributed by atoms with van der Waals surface area (Å²) >= 11 is 0. The standard InChI is InChI=1S/C13H15N3O4S/c1-3-11-14-8-12(15-11)21(18,19)16-10-6-4-9(5-7-10)13(17)20-2/h4-8,16H,3H2,1-2H3,(H,14,15). The van der Waals surface area contributed by atoms with Crippen molar-refractivity contribution < 1.29 is 17.9 Å². The lowest BCUT2D eigenvalue weighted by Gasteiger charge is -2.06. The number of anilines is 1. The number of aromatic nitrogens is 2. The summed E-state index contributed by atoms with van der Waals surface area (Å²) in [6.07, 6.45) is 1.88. The number of ether oxygens (including phenoxy) is 1. The SMILES string of the molecule is CCc1ncc(S(=O)(=O)Nc2ccc(C(=O)OC)cc2)[nH]1. The van der Waals surface area contributed by atoms with Crippen molar-refractivity contribution in [2.45, 2.75) is 18.4 Å². The predicted octanol–water partition coefficient (Wildman–Crippen LogP) is 1.56. The third-order valence-corrected chi connectivity index (χ3v) is 4.08. The van der Waals surface area contributed by atoms with Gasteiger partial charge in [0.05, 0.1) is 18.9 Å². The number of sulfonamides is 1. The molecule has 1 heterocycles. The molecule has 0 spiro atoms. The number of nitrogens with one attached hydrogen (secondary N) is 2. The van der Waals surface area contributed by atoms with Crippen LogP contribution in [-0.2, 0) is 21.2 Å². The molecule has 21 heavy (non-hydrogen) atoms. The van der Waals surface area contributed by atoms with Gasteiger partial charge in [-0.2, -0.15) is 8.42 Å². The maximum absolute atomic E-state index is 12.1. The van der Waals surface area contributed by atoms with Crippen LogP contribution in [0, 0.1) is 0 Å². The lowest BCUT2D eigenvalue weighted by atomic mass is 10.2. The quantitative estimate of drug-likeness (QED) is 0.816. The van der Waals surface area contributed by atoms with Gasteiger partial charge in [0.1, 0.15) is 5.82 Å². The van der Waals surface area contributed by atoms with Crippen LogP contribution in [0.25, 0.3) is 0 Å². The molecule has 1 aromatic heterocycles. The highest BCUT2D eigenvalue weighted by Crippen LogP contribution is 2.16. The van der Waals surface area contributed by atoms with E-state index in [0.29, 0.717) is 23.5 Å². The van der Waals surface area contributed by atoms with Crippen molar-refractivity contribution in [1.82, 2.24) is 9.97 Å². The predicted molar refractivity (Wildman–Crippen MR) is 76.6 cm³/mol. The smallest absolute Gasteiger partial charge is 0.337 e. The Kier molecular flexibility index (Phi) is 4.27. The van der Waals surface area contributed by atoms with E-state index >= 15 is 0 Å². The van der Waals surface area contributed by atoms with Crippen molar-refractivity contribution in [2.24, 2.45) is 0 Å². The van der Waals surface area contributed by atoms with Crippen LogP contribution in [0.3, 0.4) is 0 Å². The van der Waals surface area contributed by atoms with Crippen LogP contribution in [0.4, 0.5) is 5.69 Å². The Hall–Kier alpha value is -2.35. The summed E-state index contributed by atoms with van der Waals surface area (Å²) in [7, 11) is -2.45. The molecular weight excluding hydrogens is 294 g/mol. The lowest BCUT2D eigenvalue weighted by molar-refractivity contribution is 0.0601. The second-order valence-corrected chi connectivity index (χ2v) is 5.87. The highest BCUT2D eigenvalue weighted by atomic mass is 32.2. The van der Waals surface area contributed by atoms with Crippen molar-refractivity contribution in [3.05, 3.63) is 41.9 Å². The Labute approximate surface area is 122 Å². The molecular formula is C13H15N3O4S. The summed E-state index contributed by atoms with van der Waals surface area (Å²) in [4.78, 5) is 18.0. The first-order valence-electron chi connectivity index (χ1n) is 6.21. The second kappa shape index (κ2) is 5.96. The van der Waals surface area contributed by atoms with Gasteiger partial charge < -0.3 is 9.72 Å². The molecule has 2 rings (SSSR count). The number of nitrogens with zero attached hydrogens (tertiary/aromatic N) is 1. The molecule has 2 N–H and O–H groups in total. The molecule has 1 aromatic carbocycles. The van der Waals surface area contributed by atoms with Crippen LogP contribution in [0.2, 0.25) is 0 Å². The van der Waals surface area contributed by atoms with E-state index in [-0.39, 0.29) is 5.03 Å². The zero-order valence-corrected chi connectivity index (χ0v) is 12.4. The van der Waals surface area contributed by atoms with Crippen molar-refractivity contribution in [1.29, 1.82) is 0 Å². The maximum Gasteiger partial charge on any atom is 0.337 e. The van der Waals surface area contributed by atoms with Gasteiger partial charge in [-0.25, -0.2) is 9.78 Å². The molecule has 112 valence electrons. The average molecular weight is 309 g/mol. The lowest BCUT2D eigenvalue weighted by Crippen LogP contribution is -2.13. The number of aromatic amines is 1. The van der Waals surface area contributed by atoms with Gasteiger partial charge in [0, 0.05) is 12.1 Å². The van der Waals surface area contributed by atoms with Crippen LogP contribution < -0.4 is 4.72 Å². The molecule has 7 nitrogen and oxygen atoms in total. The molecule has 0 unspecified atom stereocenters. The van der Waals surface area contributed by atoms with Crippen molar-refractivity contribution in [2.75, 3.05) is 11.8 Å². The number of rotatable bonds is 5. The minimum atomic E-state index is -3.73.